The largest absolute Gasteiger partial charge is 0.478 e. The van der Waals surface area contributed by atoms with Crippen molar-refractivity contribution in [1.82, 2.24) is 4.90 Å². The minimum Gasteiger partial charge on any atom is -0.478 e. The molecular weight excluding hydrogens is 278 g/mol. The van der Waals surface area contributed by atoms with E-state index in [4.69, 9.17) is 10.2 Å². The van der Waals surface area contributed by atoms with Gasteiger partial charge in [-0.05, 0) is 37.9 Å². The van der Waals surface area contributed by atoms with E-state index in [-0.39, 0.29) is 18.5 Å². The molecule has 0 saturated carbocycles. The van der Waals surface area contributed by atoms with Gasteiger partial charge in [0.2, 0.25) is 0 Å². The molecular formula is C15H24ClNO3. The molecule has 0 spiro atoms. The average Bonchev–Trinajstić information content (AvgIpc) is 2.43. The maximum absolute atomic E-state index is 10.2. The number of halogens is 1. The molecule has 1 aliphatic heterocycles. The Hall–Kier alpha value is -1.10. The summed E-state index contributed by atoms with van der Waals surface area (Å²) in [7, 11) is 0. The molecule has 1 heterocycles. The number of hydrogen-bond acceptors (Lipinski definition) is 3. The Morgan fingerprint density at radius 1 is 1.25 bits per heavy atom. The van der Waals surface area contributed by atoms with Crippen molar-refractivity contribution in [2.45, 2.75) is 32.3 Å². The number of benzene rings is 1. The predicted octanol–water partition coefficient (Wildman–Crippen LogP) is 2.66. The first-order valence-corrected chi connectivity index (χ1v) is 6.82. The Bertz CT molecular complexity index is 365. The summed E-state index contributed by atoms with van der Waals surface area (Å²) in [6.45, 7) is 5.59. The van der Waals surface area contributed by atoms with Gasteiger partial charge in [0.05, 0.1) is 11.7 Å². The molecule has 20 heavy (non-hydrogen) atoms. The topological polar surface area (TPSA) is 60.8 Å². The number of carboxylic acids is 1. The third-order valence-corrected chi connectivity index (χ3v) is 3.12. The molecule has 0 atom stereocenters. The SMILES string of the molecule is CCCN1CCC(O)CC1.Cl.O=C(O)c1ccccc1. The van der Waals surface area contributed by atoms with Crippen LogP contribution in [0, 0.1) is 0 Å². The van der Waals surface area contributed by atoms with E-state index < -0.39 is 5.97 Å². The lowest BCUT2D eigenvalue weighted by Gasteiger charge is -2.28. The summed E-state index contributed by atoms with van der Waals surface area (Å²) in [6.07, 6.45) is 3.16. The number of rotatable bonds is 3. The first-order chi connectivity index (χ1) is 9.13. The van der Waals surface area contributed by atoms with E-state index in [1.165, 1.54) is 13.0 Å². The number of nitrogens with zero attached hydrogens (tertiary/aromatic N) is 1. The summed E-state index contributed by atoms with van der Waals surface area (Å²) in [5, 5.41) is 17.6. The molecule has 0 aliphatic carbocycles. The monoisotopic (exact) mass is 301 g/mol. The minimum absolute atomic E-state index is 0. The zero-order valence-corrected chi connectivity index (χ0v) is 12.7. The van der Waals surface area contributed by atoms with Gasteiger partial charge in [0, 0.05) is 13.1 Å². The molecule has 5 heteroatoms. The molecule has 4 nitrogen and oxygen atoms in total. The van der Waals surface area contributed by atoms with Gasteiger partial charge >= 0.3 is 5.97 Å². The number of aromatic carboxylic acids is 1. The van der Waals surface area contributed by atoms with Crippen molar-refractivity contribution in [1.29, 1.82) is 0 Å². The lowest BCUT2D eigenvalue weighted by Crippen LogP contribution is -2.36. The van der Waals surface area contributed by atoms with Crippen LogP contribution in [0.15, 0.2) is 30.3 Å². The number of hydrogen-bond donors (Lipinski definition) is 2. The minimum atomic E-state index is -0.879. The van der Waals surface area contributed by atoms with E-state index in [0.29, 0.717) is 5.56 Å². The van der Waals surface area contributed by atoms with Crippen LogP contribution in [0.4, 0.5) is 0 Å². The van der Waals surface area contributed by atoms with Gasteiger partial charge in [-0.2, -0.15) is 0 Å². The summed E-state index contributed by atoms with van der Waals surface area (Å²) in [6, 6.07) is 8.30. The number of carboxylic acid groups (broad SMARTS) is 1. The normalized spacial score (nSPS) is 15.7. The van der Waals surface area contributed by atoms with Gasteiger partial charge in [-0.25, -0.2) is 4.79 Å². The molecule has 1 aromatic carbocycles. The number of aliphatic hydroxyl groups excluding tert-OH is 1. The molecule has 0 aromatic heterocycles. The van der Waals surface area contributed by atoms with Crippen molar-refractivity contribution in [2.75, 3.05) is 19.6 Å². The van der Waals surface area contributed by atoms with Crippen molar-refractivity contribution < 1.29 is 15.0 Å². The van der Waals surface area contributed by atoms with E-state index in [9.17, 15) is 4.79 Å². The predicted molar refractivity (Wildman–Crippen MR) is 82.6 cm³/mol. The smallest absolute Gasteiger partial charge is 0.335 e. The second-order valence-electron chi connectivity index (χ2n) is 4.74. The van der Waals surface area contributed by atoms with E-state index in [0.717, 1.165) is 25.9 Å². The van der Waals surface area contributed by atoms with Crippen LogP contribution in [0.5, 0.6) is 0 Å². The van der Waals surface area contributed by atoms with Crippen molar-refractivity contribution in [3.63, 3.8) is 0 Å². The van der Waals surface area contributed by atoms with Crippen molar-refractivity contribution in [2.24, 2.45) is 0 Å². The number of carbonyl (C=O) groups is 1. The van der Waals surface area contributed by atoms with Crippen molar-refractivity contribution >= 4 is 18.4 Å². The second-order valence-corrected chi connectivity index (χ2v) is 4.74. The summed E-state index contributed by atoms with van der Waals surface area (Å²) in [4.78, 5) is 12.6. The summed E-state index contributed by atoms with van der Waals surface area (Å²) in [5.74, 6) is -0.879. The second kappa shape index (κ2) is 10.7. The van der Waals surface area contributed by atoms with Gasteiger partial charge in [0.1, 0.15) is 0 Å². The van der Waals surface area contributed by atoms with Gasteiger partial charge < -0.3 is 15.1 Å². The quantitative estimate of drug-likeness (QED) is 0.901. The Morgan fingerprint density at radius 2 is 1.80 bits per heavy atom. The van der Waals surface area contributed by atoms with Crippen molar-refractivity contribution in [3.8, 4) is 0 Å². The molecule has 0 radical (unpaired) electrons. The third-order valence-electron chi connectivity index (χ3n) is 3.12. The van der Waals surface area contributed by atoms with Crippen LogP contribution >= 0.6 is 12.4 Å². The molecule has 114 valence electrons. The Balaban J connectivity index is 0.000000345. The first-order valence-electron chi connectivity index (χ1n) is 6.82. The van der Waals surface area contributed by atoms with Crippen LogP contribution in [0.2, 0.25) is 0 Å². The van der Waals surface area contributed by atoms with E-state index in [2.05, 4.69) is 11.8 Å². The van der Waals surface area contributed by atoms with E-state index in [1.807, 2.05) is 0 Å². The van der Waals surface area contributed by atoms with Crippen LogP contribution < -0.4 is 0 Å². The maximum atomic E-state index is 10.2. The Morgan fingerprint density at radius 3 is 2.20 bits per heavy atom. The Kier molecular flexibility index (Phi) is 10.1. The van der Waals surface area contributed by atoms with E-state index in [1.54, 1.807) is 30.3 Å². The molecule has 1 saturated heterocycles. The summed E-state index contributed by atoms with van der Waals surface area (Å²) >= 11 is 0. The Labute approximate surface area is 126 Å². The lowest BCUT2D eigenvalue weighted by molar-refractivity contribution is 0.0696. The highest BCUT2D eigenvalue weighted by molar-refractivity contribution is 5.87. The number of piperidine rings is 1. The van der Waals surface area contributed by atoms with Gasteiger partial charge in [-0.15, -0.1) is 12.4 Å². The highest BCUT2D eigenvalue weighted by atomic mass is 35.5. The summed E-state index contributed by atoms with van der Waals surface area (Å²) in [5.41, 5.74) is 0.331. The number of likely N-dealkylation sites (tertiary alicyclic amines) is 1. The van der Waals surface area contributed by atoms with E-state index >= 15 is 0 Å². The first kappa shape index (κ1) is 18.9. The van der Waals surface area contributed by atoms with Gasteiger partial charge in [0.25, 0.3) is 0 Å². The maximum Gasteiger partial charge on any atom is 0.335 e. The molecule has 0 amide bonds. The fourth-order valence-electron chi connectivity index (χ4n) is 2.04. The number of aliphatic hydroxyl groups is 1. The van der Waals surface area contributed by atoms with Crippen LogP contribution in [0.25, 0.3) is 0 Å². The molecule has 2 N–H and O–H groups in total. The third kappa shape index (κ3) is 7.48. The lowest BCUT2D eigenvalue weighted by atomic mass is 10.1. The van der Waals surface area contributed by atoms with Gasteiger partial charge in [-0.3, -0.25) is 0 Å². The molecule has 1 aromatic rings. The highest BCUT2D eigenvalue weighted by Gasteiger charge is 2.15. The van der Waals surface area contributed by atoms with Gasteiger partial charge in [0.15, 0.2) is 0 Å². The van der Waals surface area contributed by atoms with Crippen LogP contribution in [0.1, 0.15) is 36.5 Å². The van der Waals surface area contributed by atoms with Crippen LogP contribution in [-0.2, 0) is 0 Å². The highest BCUT2D eigenvalue weighted by Crippen LogP contribution is 2.09. The van der Waals surface area contributed by atoms with Crippen LogP contribution in [0.3, 0.4) is 0 Å². The molecule has 0 bridgehead atoms. The summed E-state index contributed by atoms with van der Waals surface area (Å²) < 4.78 is 0. The molecule has 1 fully saturated rings. The average molecular weight is 302 g/mol. The van der Waals surface area contributed by atoms with Gasteiger partial charge in [-0.1, -0.05) is 25.1 Å². The van der Waals surface area contributed by atoms with Crippen molar-refractivity contribution in [3.05, 3.63) is 35.9 Å². The molecule has 1 aliphatic rings. The zero-order valence-electron chi connectivity index (χ0n) is 11.9. The fourth-order valence-corrected chi connectivity index (χ4v) is 2.04. The molecule has 2 rings (SSSR count). The fraction of sp³-hybridized carbons (Fsp3) is 0.533. The molecule has 0 unspecified atom stereocenters. The van der Waals surface area contributed by atoms with Crippen LogP contribution in [-0.4, -0.2) is 46.8 Å². The standard InChI is InChI=1S/C8H17NO.C7H6O2.ClH/c1-2-5-9-6-3-8(10)4-7-9;8-7(9)6-4-2-1-3-5-6;/h8,10H,2-7H2,1H3;1-5H,(H,8,9);1H. The zero-order chi connectivity index (χ0) is 14.1.